The summed E-state index contributed by atoms with van der Waals surface area (Å²) in [6, 6.07) is 3.31. The highest BCUT2D eigenvalue weighted by Gasteiger charge is 2.25. The van der Waals surface area contributed by atoms with Crippen LogP contribution in [0.15, 0.2) is 12.1 Å². The van der Waals surface area contributed by atoms with Crippen LogP contribution in [0.25, 0.3) is 0 Å². The zero-order valence-electron chi connectivity index (χ0n) is 21.6. The van der Waals surface area contributed by atoms with Crippen molar-refractivity contribution < 1.29 is 23.8 Å². The van der Waals surface area contributed by atoms with Crippen molar-refractivity contribution in [3.8, 4) is 0 Å². The topological polar surface area (TPSA) is 104 Å². The van der Waals surface area contributed by atoms with Crippen LogP contribution in [0.4, 0.5) is 10.2 Å². The Morgan fingerprint density at radius 3 is 2.78 bits per heavy atom. The fourth-order valence-corrected chi connectivity index (χ4v) is 5.22. The molecular formula is C27H43FN4O4. The SMILES string of the molecule is COC(CF)CN(CCCCc1ccc2c(n1)NCCC2)CCC(NC(=O)CC1CCCC1)C(=O)O. The van der Waals surface area contributed by atoms with E-state index >= 15 is 0 Å². The van der Waals surface area contributed by atoms with E-state index < -0.39 is 24.8 Å². The predicted octanol–water partition coefficient (Wildman–Crippen LogP) is 3.59. The number of aliphatic carboxylic acids is 1. The second-order valence-corrected chi connectivity index (χ2v) is 10.2. The molecule has 0 bridgehead atoms. The van der Waals surface area contributed by atoms with Crippen LogP contribution in [0, 0.1) is 5.92 Å². The Morgan fingerprint density at radius 2 is 2.06 bits per heavy atom. The van der Waals surface area contributed by atoms with E-state index in [0.29, 0.717) is 32.0 Å². The maximum atomic E-state index is 13.3. The number of methoxy groups -OCH3 is 1. The summed E-state index contributed by atoms with van der Waals surface area (Å²) in [4.78, 5) is 31.0. The highest BCUT2D eigenvalue weighted by molar-refractivity contribution is 5.83. The van der Waals surface area contributed by atoms with E-state index in [1.54, 1.807) is 0 Å². The molecule has 2 atom stereocenters. The first kappa shape index (κ1) is 28.3. The van der Waals surface area contributed by atoms with Crippen molar-refractivity contribution in [3.05, 3.63) is 23.4 Å². The van der Waals surface area contributed by atoms with E-state index in [-0.39, 0.29) is 12.3 Å². The number of carboxylic acid groups (broad SMARTS) is 1. The Bertz CT molecular complexity index is 830. The number of alkyl halides is 1. The van der Waals surface area contributed by atoms with Crippen LogP contribution in [0.5, 0.6) is 0 Å². The second-order valence-electron chi connectivity index (χ2n) is 10.2. The summed E-state index contributed by atoms with van der Waals surface area (Å²) in [5, 5.41) is 15.7. The van der Waals surface area contributed by atoms with E-state index in [4.69, 9.17) is 9.72 Å². The van der Waals surface area contributed by atoms with Crippen molar-refractivity contribution in [2.45, 2.75) is 82.8 Å². The minimum absolute atomic E-state index is 0.189. The van der Waals surface area contributed by atoms with E-state index in [0.717, 1.165) is 75.8 Å². The number of unbranched alkanes of at least 4 members (excludes halogenated alkanes) is 1. The summed E-state index contributed by atoms with van der Waals surface area (Å²) in [5.74, 6) is 0.145. The van der Waals surface area contributed by atoms with Crippen molar-refractivity contribution in [1.82, 2.24) is 15.2 Å². The fraction of sp³-hybridized carbons (Fsp3) is 0.741. The van der Waals surface area contributed by atoms with Crippen LogP contribution < -0.4 is 10.6 Å². The average Bonchev–Trinajstić information content (AvgIpc) is 3.39. The Hall–Kier alpha value is -2.26. The zero-order chi connectivity index (χ0) is 25.8. The van der Waals surface area contributed by atoms with Gasteiger partial charge in [0.05, 0.1) is 6.10 Å². The number of carbonyl (C=O) groups is 2. The van der Waals surface area contributed by atoms with Gasteiger partial charge in [0.25, 0.3) is 0 Å². The average molecular weight is 507 g/mol. The van der Waals surface area contributed by atoms with E-state index in [9.17, 15) is 19.1 Å². The molecule has 1 fully saturated rings. The van der Waals surface area contributed by atoms with Gasteiger partial charge in [0, 0.05) is 38.9 Å². The Morgan fingerprint density at radius 1 is 1.25 bits per heavy atom. The predicted molar refractivity (Wildman–Crippen MR) is 138 cm³/mol. The molecule has 1 amide bonds. The summed E-state index contributed by atoms with van der Waals surface area (Å²) in [6.07, 6.45) is 9.34. The molecule has 0 radical (unpaired) electrons. The molecule has 1 aromatic rings. The maximum absolute atomic E-state index is 13.3. The molecule has 0 saturated heterocycles. The van der Waals surface area contributed by atoms with Crippen molar-refractivity contribution in [2.24, 2.45) is 5.92 Å². The zero-order valence-corrected chi connectivity index (χ0v) is 21.6. The Labute approximate surface area is 214 Å². The van der Waals surface area contributed by atoms with Crippen molar-refractivity contribution >= 4 is 17.7 Å². The molecule has 2 unspecified atom stereocenters. The molecule has 1 aliphatic carbocycles. The highest BCUT2D eigenvalue weighted by Crippen LogP contribution is 2.27. The quantitative estimate of drug-likeness (QED) is 0.294. The number of nitrogens with one attached hydrogen (secondary N) is 2. The molecule has 1 saturated carbocycles. The number of aryl methyl sites for hydroxylation is 2. The summed E-state index contributed by atoms with van der Waals surface area (Å²) >= 11 is 0. The van der Waals surface area contributed by atoms with Crippen LogP contribution in [0.3, 0.4) is 0 Å². The molecule has 36 heavy (non-hydrogen) atoms. The minimum atomic E-state index is -1.03. The first-order chi connectivity index (χ1) is 17.5. The summed E-state index contributed by atoms with van der Waals surface area (Å²) in [6.45, 7) is 1.90. The monoisotopic (exact) mass is 506 g/mol. The Balaban J connectivity index is 1.47. The van der Waals surface area contributed by atoms with Crippen LogP contribution in [0.2, 0.25) is 0 Å². The number of ether oxygens (including phenoxy) is 1. The van der Waals surface area contributed by atoms with Gasteiger partial charge in [-0.25, -0.2) is 14.2 Å². The van der Waals surface area contributed by atoms with Crippen LogP contribution in [-0.4, -0.2) is 79.0 Å². The lowest BCUT2D eigenvalue weighted by Crippen LogP contribution is -2.44. The number of pyridine rings is 1. The number of carboxylic acids is 1. The van der Waals surface area contributed by atoms with Gasteiger partial charge in [-0.3, -0.25) is 4.79 Å². The number of hydrogen-bond donors (Lipinski definition) is 3. The maximum Gasteiger partial charge on any atom is 0.326 e. The highest BCUT2D eigenvalue weighted by atomic mass is 19.1. The van der Waals surface area contributed by atoms with Crippen LogP contribution >= 0.6 is 0 Å². The van der Waals surface area contributed by atoms with Crippen molar-refractivity contribution in [2.75, 3.05) is 45.3 Å². The minimum Gasteiger partial charge on any atom is -0.480 e. The molecule has 2 aliphatic rings. The molecule has 0 aromatic carbocycles. The van der Waals surface area contributed by atoms with E-state index in [2.05, 4.69) is 27.7 Å². The third kappa shape index (κ3) is 9.32. The normalized spacial score (nSPS) is 17.4. The van der Waals surface area contributed by atoms with Gasteiger partial charge in [0.2, 0.25) is 5.91 Å². The molecule has 3 N–H and O–H groups in total. The number of carbonyl (C=O) groups excluding carboxylic acids is 1. The van der Waals surface area contributed by atoms with Crippen LogP contribution in [0.1, 0.15) is 69.0 Å². The van der Waals surface area contributed by atoms with Gasteiger partial charge in [-0.15, -0.1) is 0 Å². The smallest absolute Gasteiger partial charge is 0.326 e. The van der Waals surface area contributed by atoms with Crippen molar-refractivity contribution in [1.29, 1.82) is 0 Å². The summed E-state index contributed by atoms with van der Waals surface area (Å²) in [5.41, 5.74) is 2.33. The summed E-state index contributed by atoms with van der Waals surface area (Å²) < 4.78 is 18.6. The van der Waals surface area contributed by atoms with Gasteiger partial charge in [0.1, 0.15) is 18.5 Å². The van der Waals surface area contributed by atoms with Gasteiger partial charge < -0.3 is 25.4 Å². The van der Waals surface area contributed by atoms with E-state index in [1.807, 2.05) is 0 Å². The molecule has 2 heterocycles. The van der Waals surface area contributed by atoms with Crippen molar-refractivity contribution in [3.63, 3.8) is 0 Å². The first-order valence-electron chi connectivity index (χ1n) is 13.5. The molecule has 3 rings (SSSR count). The first-order valence-corrected chi connectivity index (χ1v) is 13.5. The lowest BCUT2D eigenvalue weighted by Gasteiger charge is -2.27. The largest absolute Gasteiger partial charge is 0.480 e. The van der Waals surface area contributed by atoms with Crippen LogP contribution in [-0.2, 0) is 27.2 Å². The van der Waals surface area contributed by atoms with E-state index in [1.165, 1.54) is 12.7 Å². The molecule has 0 spiro atoms. The van der Waals surface area contributed by atoms with Gasteiger partial charge in [0.15, 0.2) is 0 Å². The van der Waals surface area contributed by atoms with Gasteiger partial charge in [-0.05, 0) is 75.5 Å². The van der Waals surface area contributed by atoms with Gasteiger partial charge in [-0.1, -0.05) is 18.9 Å². The third-order valence-electron chi connectivity index (χ3n) is 7.39. The van der Waals surface area contributed by atoms with Gasteiger partial charge >= 0.3 is 5.97 Å². The lowest BCUT2D eigenvalue weighted by atomic mass is 10.0. The number of hydrogen-bond acceptors (Lipinski definition) is 6. The number of fused-ring (bicyclic) bond motifs is 1. The molecule has 1 aromatic heterocycles. The molecule has 202 valence electrons. The number of rotatable bonds is 16. The number of nitrogens with zero attached hydrogens (tertiary/aromatic N) is 2. The molecule has 1 aliphatic heterocycles. The molecule has 9 heteroatoms. The lowest BCUT2D eigenvalue weighted by molar-refractivity contribution is -0.142. The molecule has 8 nitrogen and oxygen atoms in total. The fourth-order valence-electron chi connectivity index (χ4n) is 5.22. The third-order valence-corrected chi connectivity index (χ3v) is 7.39. The van der Waals surface area contributed by atoms with Gasteiger partial charge in [-0.2, -0.15) is 0 Å². The Kier molecular flexibility index (Phi) is 11.9. The second kappa shape index (κ2) is 15.1. The number of amides is 1. The standard InChI is InChI=1S/C27H43FN4O4/c1-36-23(18-28)19-32(15-5-4-10-22-12-11-21-9-6-14-29-26(21)30-22)16-13-24(27(34)35)31-25(33)17-20-7-2-3-8-20/h11-12,20,23-24H,2-10,13-19H2,1H3,(H,29,30)(H,31,33)(H,34,35). The number of aromatic nitrogens is 1. The number of anilines is 1. The molecular weight excluding hydrogens is 463 g/mol. The number of halogens is 1. The summed E-state index contributed by atoms with van der Waals surface area (Å²) in [7, 11) is 1.49.